The van der Waals surface area contributed by atoms with Crippen molar-refractivity contribution in [2.75, 3.05) is 30.3 Å². The molecule has 4 aromatic rings. The number of nitro groups is 1. The third-order valence-electron chi connectivity index (χ3n) is 7.78. The Morgan fingerprint density at radius 3 is 2.49 bits per heavy atom. The standard InChI is InChI=1S/C32H32N6O3/c1-2-29-33-20-28(35-29)22-9-11-24(12-10-22)34-31(23-7-5-21(6-8-23)15-18-37-16-3-4-17-37)30-26-19-25(38(40)41)13-14-27(26)36-32(30)39/h5-14,19-20,34H,2-4,15-18H2,1H3,(H,33,35)(H,36,39). The highest BCUT2D eigenvalue weighted by molar-refractivity contribution is 6.37. The van der Waals surface area contributed by atoms with Crippen LogP contribution in [0, 0.1) is 10.1 Å². The van der Waals surface area contributed by atoms with E-state index >= 15 is 0 Å². The number of amides is 1. The first-order chi connectivity index (χ1) is 20.0. The van der Waals surface area contributed by atoms with Gasteiger partial charge in [-0.3, -0.25) is 14.9 Å². The highest BCUT2D eigenvalue weighted by atomic mass is 16.6. The monoisotopic (exact) mass is 548 g/mol. The number of likely N-dealkylation sites (tertiary alicyclic amines) is 1. The van der Waals surface area contributed by atoms with E-state index in [0.717, 1.165) is 60.8 Å². The minimum Gasteiger partial charge on any atom is -0.354 e. The molecule has 9 heteroatoms. The Morgan fingerprint density at radius 2 is 1.80 bits per heavy atom. The zero-order valence-electron chi connectivity index (χ0n) is 22.9. The lowest BCUT2D eigenvalue weighted by Crippen LogP contribution is -2.21. The van der Waals surface area contributed by atoms with Crippen molar-refractivity contribution in [3.63, 3.8) is 0 Å². The van der Waals surface area contributed by atoms with Crippen LogP contribution in [0.2, 0.25) is 0 Å². The second-order valence-electron chi connectivity index (χ2n) is 10.5. The van der Waals surface area contributed by atoms with Gasteiger partial charge in [-0.2, -0.15) is 0 Å². The van der Waals surface area contributed by atoms with Crippen LogP contribution in [0.25, 0.3) is 22.5 Å². The van der Waals surface area contributed by atoms with E-state index in [9.17, 15) is 14.9 Å². The number of benzene rings is 3. The zero-order valence-corrected chi connectivity index (χ0v) is 22.9. The number of rotatable bonds is 9. The topological polar surface area (TPSA) is 116 Å². The lowest BCUT2D eigenvalue weighted by atomic mass is 9.98. The number of H-pyrrole nitrogens is 1. The first kappa shape index (κ1) is 26.5. The van der Waals surface area contributed by atoms with Crippen LogP contribution in [-0.2, 0) is 17.6 Å². The van der Waals surface area contributed by atoms with Gasteiger partial charge in [-0.25, -0.2) is 4.98 Å². The molecule has 2 aliphatic rings. The molecule has 1 aromatic heterocycles. The number of hydrogen-bond donors (Lipinski definition) is 3. The van der Waals surface area contributed by atoms with E-state index in [1.165, 1.54) is 30.5 Å². The number of hydrogen-bond acceptors (Lipinski definition) is 6. The van der Waals surface area contributed by atoms with Gasteiger partial charge in [0.05, 0.1) is 21.9 Å². The van der Waals surface area contributed by atoms with Crippen molar-refractivity contribution in [1.82, 2.24) is 14.9 Å². The van der Waals surface area contributed by atoms with Crippen molar-refractivity contribution >= 4 is 34.2 Å². The van der Waals surface area contributed by atoms with Gasteiger partial charge in [0.2, 0.25) is 0 Å². The van der Waals surface area contributed by atoms with Crippen LogP contribution in [-0.4, -0.2) is 45.3 Å². The average Bonchev–Trinajstić information content (AvgIpc) is 3.75. The average molecular weight is 549 g/mol. The van der Waals surface area contributed by atoms with Gasteiger partial charge in [0.1, 0.15) is 5.82 Å². The number of nitro benzene ring substituents is 1. The van der Waals surface area contributed by atoms with E-state index in [1.807, 2.05) is 42.6 Å². The molecule has 0 radical (unpaired) electrons. The minimum atomic E-state index is -0.444. The molecule has 1 saturated heterocycles. The number of anilines is 2. The molecule has 2 aliphatic heterocycles. The van der Waals surface area contributed by atoms with Gasteiger partial charge in [0.25, 0.3) is 11.6 Å². The van der Waals surface area contributed by atoms with Crippen molar-refractivity contribution in [1.29, 1.82) is 0 Å². The maximum Gasteiger partial charge on any atom is 0.270 e. The Bertz CT molecular complexity index is 1620. The van der Waals surface area contributed by atoms with Gasteiger partial charge < -0.3 is 20.5 Å². The summed E-state index contributed by atoms with van der Waals surface area (Å²) in [7, 11) is 0. The zero-order chi connectivity index (χ0) is 28.3. The Kier molecular flexibility index (Phi) is 7.35. The van der Waals surface area contributed by atoms with Crippen LogP contribution < -0.4 is 10.6 Å². The fourth-order valence-corrected chi connectivity index (χ4v) is 5.49. The predicted octanol–water partition coefficient (Wildman–Crippen LogP) is 6.12. The third-order valence-corrected chi connectivity index (χ3v) is 7.78. The second-order valence-corrected chi connectivity index (χ2v) is 10.5. The molecular weight excluding hydrogens is 516 g/mol. The lowest BCUT2D eigenvalue weighted by Gasteiger charge is -2.17. The van der Waals surface area contributed by atoms with Crippen molar-refractivity contribution in [2.45, 2.75) is 32.6 Å². The van der Waals surface area contributed by atoms with E-state index in [-0.39, 0.29) is 11.6 Å². The largest absolute Gasteiger partial charge is 0.354 e. The van der Waals surface area contributed by atoms with E-state index < -0.39 is 4.92 Å². The van der Waals surface area contributed by atoms with Crippen molar-refractivity contribution in [3.05, 3.63) is 106 Å². The number of carbonyl (C=O) groups excluding carboxylic acids is 1. The smallest absolute Gasteiger partial charge is 0.270 e. The summed E-state index contributed by atoms with van der Waals surface area (Å²) in [6.07, 6.45) is 6.23. The van der Waals surface area contributed by atoms with Gasteiger partial charge in [0.15, 0.2) is 0 Å². The maximum atomic E-state index is 13.3. The van der Waals surface area contributed by atoms with Gasteiger partial charge in [0, 0.05) is 53.8 Å². The number of nitrogens with one attached hydrogen (secondary N) is 3. The fourth-order valence-electron chi connectivity index (χ4n) is 5.49. The number of aryl methyl sites for hydroxylation is 1. The Balaban J connectivity index is 1.35. The second kappa shape index (κ2) is 11.4. The summed E-state index contributed by atoms with van der Waals surface area (Å²) in [5.74, 6) is 0.624. The molecule has 0 saturated carbocycles. The molecule has 1 amide bonds. The van der Waals surface area contributed by atoms with E-state index in [4.69, 9.17) is 0 Å². The first-order valence-electron chi connectivity index (χ1n) is 14.1. The quantitative estimate of drug-likeness (QED) is 0.132. The van der Waals surface area contributed by atoms with Gasteiger partial charge in [-0.1, -0.05) is 43.3 Å². The summed E-state index contributed by atoms with van der Waals surface area (Å²) >= 11 is 0. The van der Waals surface area contributed by atoms with Crippen LogP contribution in [0.1, 0.15) is 42.3 Å². The van der Waals surface area contributed by atoms with Crippen molar-refractivity contribution < 1.29 is 9.72 Å². The summed E-state index contributed by atoms with van der Waals surface area (Å²) < 4.78 is 0. The fraction of sp³-hybridized carbons (Fsp3) is 0.250. The molecule has 3 aromatic carbocycles. The molecule has 6 rings (SSSR count). The molecule has 1 fully saturated rings. The lowest BCUT2D eigenvalue weighted by molar-refractivity contribution is -0.384. The highest BCUT2D eigenvalue weighted by Crippen LogP contribution is 2.39. The van der Waals surface area contributed by atoms with Crippen LogP contribution in [0.3, 0.4) is 0 Å². The van der Waals surface area contributed by atoms with Gasteiger partial charge >= 0.3 is 0 Å². The van der Waals surface area contributed by atoms with Crippen LogP contribution in [0.5, 0.6) is 0 Å². The van der Waals surface area contributed by atoms with Crippen LogP contribution in [0.4, 0.5) is 17.1 Å². The molecule has 0 atom stereocenters. The number of aromatic nitrogens is 2. The molecule has 9 nitrogen and oxygen atoms in total. The summed E-state index contributed by atoms with van der Waals surface area (Å²) in [6.45, 7) is 5.42. The third kappa shape index (κ3) is 5.62. The van der Waals surface area contributed by atoms with Crippen LogP contribution >= 0.6 is 0 Å². The molecule has 0 aliphatic carbocycles. The Morgan fingerprint density at radius 1 is 1.05 bits per heavy atom. The molecule has 208 valence electrons. The van der Waals surface area contributed by atoms with Crippen LogP contribution in [0.15, 0.2) is 72.9 Å². The van der Waals surface area contributed by atoms with Crippen molar-refractivity contribution in [2.24, 2.45) is 0 Å². The predicted molar refractivity (Wildman–Crippen MR) is 161 cm³/mol. The minimum absolute atomic E-state index is 0.0656. The van der Waals surface area contributed by atoms with Gasteiger partial charge in [-0.05, 0) is 61.7 Å². The number of nitrogens with zero attached hydrogens (tertiary/aromatic N) is 3. The summed E-state index contributed by atoms with van der Waals surface area (Å²) in [5.41, 5.74) is 6.64. The molecule has 3 N–H and O–H groups in total. The van der Waals surface area contributed by atoms with E-state index in [1.54, 1.807) is 6.07 Å². The Hall–Kier alpha value is -4.76. The van der Waals surface area contributed by atoms with Crippen molar-refractivity contribution in [3.8, 4) is 11.3 Å². The molecular formula is C32H32N6O3. The normalized spacial score (nSPS) is 16.0. The summed E-state index contributed by atoms with van der Waals surface area (Å²) in [6, 6.07) is 20.5. The van der Waals surface area contributed by atoms with E-state index in [2.05, 4.69) is 44.6 Å². The molecule has 0 unspecified atom stereocenters. The SMILES string of the molecule is CCc1nc(-c2ccc(NC(=C3C(=O)Nc4ccc([N+](=O)[O-])cc43)c3ccc(CCN4CCCC4)cc3)cc2)c[nH]1. The van der Waals surface area contributed by atoms with Gasteiger partial charge in [-0.15, -0.1) is 0 Å². The number of fused-ring (bicyclic) bond motifs is 1. The number of carbonyl (C=O) groups is 1. The summed E-state index contributed by atoms with van der Waals surface area (Å²) in [5, 5.41) is 17.9. The number of aromatic amines is 1. The molecule has 0 spiro atoms. The summed E-state index contributed by atoms with van der Waals surface area (Å²) in [4.78, 5) is 34.7. The number of non-ortho nitro benzene ring substituents is 1. The molecule has 3 heterocycles. The maximum absolute atomic E-state index is 13.3. The Labute approximate surface area is 238 Å². The molecule has 41 heavy (non-hydrogen) atoms. The number of imidazole rings is 1. The van der Waals surface area contributed by atoms with E-state index in [0.29, 0.717) is 22.5 Å². The first-order valence-corrected chi connectivity index (χ1v) is 14.1. The highest BCUT2D eigenvalue weighted by Gasteiger charge is 2.30. The molecule has 0 bridgehead atoms.